The van der Waals surface area contributed by atoms with Gasteiger partial charge >= 0.3 is 0 Å². The molecule has 7 heteroatoms. The van der Waals surface area contributed by atoms with Gasteiger partial charge in [-0.2, -0.15) is 5.10 Å². The van der Waals surface area contributed by atoms with Crippen LogP contribution in [0.1, 0.15) is 17.7 Å². The molecular formula is C16H19N3O3S. The molecule has 1 N–H and O–H groups in total. The summed E-state index contributed by atoms with van der Waals surface area (Å²) in [5.74, 6) is 0.823. The van der Waals surface area contributed by atoms with Crippen molar-refractivity contribution in [1.82, 2.24) is 4.98 Å². The molecule has 1 aromatic carbocycles. The lowest BCUT2D eigenvalue weighted by molar-refractivity contribution is -0.0531. The topological polar surface area (TPSA) is 65.0 Å². The molecule has 3 rings (SSSR count). The van der Waals surface area contributed by atoms with E-state index in [9.17, 15) is 0 Å². The van der Waals surface area contributed by atoms with E-state index in [1.54, 1.807) is 6.21 Å². The van der Waals surface area contributed by atoms with Gasteiger partial charge in [-0.3, -0.25) is 5.43 Å². The van der Waals surface area contributed by atoms with Crippen LogP contribution in [0.15, 0.2) is 34.7 Å². The van der Waals surface area contributed by atoms with Gasteiger partial charge in [0.15, 0.2) is 6.29 Å². The van der Waals surface area contributed by atoms with E-state index in [0.717, 1.165) is 28.6 Å². The predicted molar refractivity (Wildman–Crippen MR) is 90.3 cm³/mol. The second-order valence-corrected chi connectivity index (χ2v) is 5.90. The first-order valence-corrected chi connectivity index (χ1v) is 8.35. The number of nitrogens with zero attached hydrogens (tertiary/aromatic N) is 2. The molecule has 0 saturated carbocycles. The molecule has 2 heterocycles. The first kappa shape index (κ1) is 15.9. The Hall–Kier alpha value is -1.96. The lowest BCUT2D eigenvalue weighted by Gasteiger charge is -2.10. The highest BCUT2D eigenvalue weighted by Gasteiger charge is 2.15. The molecule has 1 fully saturated rings. The highest BCUT2D eigenvalue weighted by Crippen LogP contribution is 2.15. The van der Waals surface area contributed by atoms with Crippen molar-refractivity contribution in [3.63, 3.8) is 0 Å². The van der Waals surface area contributed by atoms with Crippen LogP contribution in [0, 0.1) is 6.92 Å². The first-order chi connectivity index (χ1) is 11.3. The number of benzene rings is 1. The molecule has 1 saturated heterocycles. The molecule has 122 valence electrons. The van der Waals surface area contributed by atoms with Crippen LogP contribution in [0.5, 0.6) is 5.75 Å². The summed E-state index contributed by atoms with van der Waals surface area (Å²) in [5, 5.41) is 6.93. The molecule has 0 radical (unpaired) electrons. The number of rotatable bonds is 7. The predicted octanol–water partition coefficient (Wildman–Crippen LogP) is 3.04. The maximum absolute atomic E-state index is 5.67. The largest absolute Gasteiger partial charge is 0.493 e. The molecular weight excluding hydrogens is 314 g/mol. The normalized spacial score (nSPS) is 15.3. The van der Waals surface area contributed by atoms with Crippen LogP contribution in [0.4, 0.5) is 5.13 Å². The van der Waals surface area contributed by atoms with Crippen molar-refractivity contribution in [2.45, 2.75) is 19.6 Å². The van der Waals surface area contributed by atoms with Gasteiger partial charge in [0.05, 0.1) is 31.7 Å². The smallest absolute Gasteiger partial charge is 0.203 e. The van der Waals surface area contributed by atoms with Crippen LogP contribution in [0.2, 0.25) is 0 Å². The fraction of sp³-hybridized carbons (Fsp3) is 0.375. The Morgan fingerprint density at radius 1 is 1.35 bits per heavy atom. The van der Waals surface area contributed by atoms with Crippen LogP contribution in [0.25, 0.3) is 0 Å². The van der Waals surface area contributed by atoms with Crippen molar-refractivity contribution < 1.29 is 14.2 Å². The monoisotopic (exact) mass is 333 g/mol. The molecule has 2 aromatic rings. The summed E-state index contributed by atoms with van der Waals surface area (Å²) >= 11 is 1.53. The summed E-state index contributed by atoms with van der Waals surface area (Å²) < 4.78 is 16.4. The van der Waals surface area contributed by atoms with E-state index in [-0.39, 0.29) is 6.29 Å². The number of ether oxygens (including phenoxy) is 3. The van der Waals surface area contributed by atoms with E-state index in [4.69, 9.17) is 14.2 Å². The van der Waals surface area contributed by atoms with Crippen LogP contribution < -0.4 is 10.2 Å². The summed E-state index contributed by atoms with van der Waals surface area (Å²) in [5.41, 5.74) is 4.89. The minimum atomic E-state index is -0.123. The maximum Gasteiger partial charge on any atom is 0.203 e. The molecule has 0 aliphatic carbocycles. The maximum atomic E-state index is 5.67. The molecule has 0 atom stereocenters. The van der Waals surface area contributed by atoms with Crippen molar-refractivity contribution in [3.05, 3.63) is 40.9 Å². The lowest BCUT2D eigenvalue weighted by Crippen LogP contribution is -2.12. The van der Waals surface area contributed by atoms with Gasteiger partial charge in [-0.1, -0.05) is 0 Å². The Balaban J connectivity index is 1.42. The number of anilines is 1. The Bertz CT molecular complexity index is 636. The minimum absolute atomic E-state index is 0.123. The molecule has 1 aliphatic heterocycles. The molecule has 1 aromatic heterocycles. The minimum Gasteiger partial charge on any atom is -0.493 e. The van der Waals surface area contributed by atoms with Crippen LogP contribution in [-0.4, -0.2) is 37.3 Å². The van der Waals surface area contributed by atoms with Crippen molar-refractivity contribution in [2.24, 2.45) is 5.10 Å². The zero-order valence-electron chi connectivity index (χ0n) is 12.9. The lowest BCUT2D eigenvalue weighted by atomic mass is 10.2. The van der Waals surface area contributed by atoms with Gasteiger partial charge in [0.2, 0.25) is 5.13 Å². The number of thiazole rings is 1. The zero-order valence-corrected chi connectivity index (χ0v) is 13.7. The van der Waals surface area contributed by atoms with Gasteiger partial charge in [0, 0.05) is 11.8 Å². The summed E-state index contributed by atoms with van der Waals surface area (Å²) in [6.07, 6.45) is 2.36. The van der Waals surface area contributed by atoms with E-state index in [1.165, 1.54) is 11.3 Å². The third kappa shape index (κ3) is 5.02. The van der Waals surface area contributed by atoms with E-state index in [1.807, 2.05) is 36.6 Å². The van der Waals surface area contributed by atoms with Crippen molar-refractivity contribution >= 4 is 22.7 Å². The summed E-state index contributed by atoms with van der Waals surface area (Å²) in [6, 6.07) is 7.75. The number of hydrazone groups is 1. The van der Waals surface area contributed by atoms with Crippen LogP contribution in [-0.2, 0) is 9.47 Å². The second kappa shape index (κ2) is 8.05. The Morgan fingerprint density at radius 3 is 2.83 bits per heavy atom. The van der Waals surface area contributed by atoms with Crippen molar-refractivity contribution in [2.75, 3.05) is 25.2 Å². The number of aryl methyl sites for hydroxylation is 1. The molecule has 0 amide bonds. The van der Waals surface area contributed by atoms with Gasteiger partial charge in [0.1, 0.15) is 5.75 Å². The fourth-order valence-corrected chi connectivity index (χ4v) is 2.70. The van der Waals surface area contributed by atoms with Crippen molar-refractivity contribution in [3.8, 4) is 5.75 Å². The summed E-state index contributed by atoms with van der Waals surface area (Å²) in [7, 11) is 0. The molecule has 0 bridgehead atoms. The van der Waals surface area contributed by atoms with Gasteiger partial charge in [-0.15, -0.1) is 11.3 Å². The summed E-state index contributed by atoms with van der Waals surface area (Å²) in [6.45, 7) is 3.87. The molecule has 1 aliphatic rings. The third-order valence-corrected chi connectivity index (χ3v) is 4.05. The van der Waals surface area contributed by atoms with E-state index < -0.39 is 0 Å². The molecule has 23 heavy (non-hydrogen) atoms. The van der Waals surface area contributed by atoms with Crippen LogP contribution in [0.3, 0.4) is 0 Å². The SMILES string of the molecule is Cc1csc(NN=Cc2ccc(OCCC3OCCO3)cc2)n1. The van der Waals surface area contributed by atoms with E-state index >= 15 is 0 Å². The van der Waals surface area contributed by atoms with Crippen molar-refractivity contribution in [1.29, 1.82) is 0 Å². The first-order valence-electron chi connectivity index (χ1n) is 7.47. The zero-order chi connectivity index (χ0) is 15.9. The fourth-order valence-electron chi connectivity index (χ4n) is 2.06. The van der Waals surface area contributed by atoms with Crippen LogP contribution >= 0.6 is 11.3 Å². The third-order valence-electron chi connectivity index (χ3n) is 3.19. The summed E-state index contributed by atoms with van der Waals surface area (Å²) in [4.78, 5) is 4.28. The van der Waals surface area contributed by atoms with E-state index in [0.29, 0.717) is 19.8 Å². The van der Waals surface area contributed by atoms with Gasteiger partial charge in [0.25, 0.3) is 0 Å². The average Bonchev–Trinajstić information content (AvgIpc) is 3.21. The Kier molecular flexibility index (Phi) is 5.57. The Morgan fingerprint density at radius 2 is 2.13 bits per heavy atom. The number of hydrogen-bond acceptors (Lipinski definition) is 7. The number of nitrogens with one attached hydrogen (secondary N) is 1. The Labute approximate surface area is 139 Å². The molecule has 0 unspecified atom stereocenters. The second-order valence-electron chi connectivity index (χ2n) is 5.04. The quantitative estimate of drug-likeness (QED) is 0.623. The number of aromatic nitrogens is 1. The van der Waals surface area contributed by atoms with E-state index in [2.05, 4.69) is 15.5 Å². The van der Waals surface area contributed by atoms with Gasteiger partial charge in [-0.05, 0) is 36.8 Å². The molecule has 6 nitrogen and oxygen atoms in total. The van der Waals surface area contributed by atoms with Gasteiger partial charge < -0.3 is 14.2 Å². The number of hydrogen-bond donors (Lipinski definition) is 1. The molecule has 0 spiro atoms. The van der Waals surface area contributed by atoms with Gasteiger partial charge in [-0.25, -0.2) is 4.98 Å². The highest BCUT2D eigenvalue weighted by atomic mass is 32.1. The highest BCUT2D eigenvalue weighted by molar-refractivity contribution is 7.13. The average molecular weight is 333 g/mol. The standard InChI is InChI=1S/C16H19N3O3S/c1-12-11-23-16(18-12)19-17-10-13-2-4-14(5-3-13)20-7-6-15-21-8-9-22-15/h2-5,10-11,15H,6-9H2,1H3,(H,18,19).